The Balaban J connectivity index is 1.88. The van der Waals surface area contributed by atoms with E-state index in [2.05, 4.69) is 29.9 Å². The van der Waals surface area contributed by atoms with Crippen LogP contribution in [0.2, 0.25) is 0 Å². The minimum Gasteiger partial charge on any atom is -0.469 e. The average molecular weight is 354 g/mol. The van der Waals surface area contributed by atoms with Gasteiger partial charge in [-0.25, -0.2) is 0 Å². The Morgan fingerprint density at radius 1 is 1.31 bits per heavy atom. The lowest BCUT2D eigenvalue weighted by Crippen LogP contribution is -2.56. The number of aromatic amines is 1. The van der Waals surface area contributed by atoms with Gasteiger partial charge < -0.3 is 14.6 Å². The number of fused-ring (bicyclic) bond motifs is 5. The van der Waals surface area contributed by atoms with E-state index in [0.29, 0.717) is 18.8 Å². The Kier molecular flexibility index (Phi) is 4.35. The molecular formula is C21H26N2O3. The summed E-state index contributed by atoms with van der Waals surface area (Å²) in [6.45, 7) is 3.06. The summed E-state index contributed by atoms with van der Waals surface area (Å²) in [4.78, 5) is 31.5. The Hall–Kier alpha value is -2.14. The summed E-state index contributed by atoms with van der Waals surface area (Å²) in [5, 5.41) is 1.09. The van der Waals surface area contributed by atoms with Crippen molar-refractivity contribution < 1.29 is 14.3 Å². The number of nitrogens with zero attached hydrogens (tertiary/aromatic N) is 1. The first-order chi connectivity index (χ1) is 12.5. The van der Waals surface area contributed by atoms with Gasteiger partial charge in [0.25, 0.3) is 0 Å². The van der Waals surface area contributed by atoms with Crippen LogP contribution in [-0.2, 0) is 16.0 Å². The molecule has 1 unspecified atom stereocenters. The molecule has 0 spiro atoms. The normalized spacial score (nSPS) is 29.1. The highest BCUT2D eigenvalue weighted by Gasteiger charge is 2.48. The van der Waals surface area contributed by atoms with Gasteiger partial charge >= 0.3 is 5.97 Å². The molecule has 4 rings (SSSR count). The van der Waals surface area contributed by atoms with E-state index in [-0.39, 0.29) is 29.6 Å². The van der Waals surface area contributed by atoms with Crippen LogP contribution in [0.25, 0.3) is 10.9 Å². The monoisotopic (exact) mass is 354 g/mol. The number of nitrogens with one attached hydrogen (secondary N) is 1. The van der Waals surface area contributed by atoms with Crippen molar-refractivity contribution in [1.29, 1.82) is 0 Å². The van der Waals surface area contributed by atoms with Crippen molar-refractivity contribution in [3.05, 3.63) is 35.5 Å². The van der Waals surface area contributed by atoms with E-state index in [1.807, 2.05) is 18.2 Å². The number of Topliss-reactive ketones (excluding diaryl/α,β-unsaturated/α-hetero) is 1. The van der Waals surface area contributed by atoms with Crippen molar-refractivity contribution in [3.8, 4) is 0 Å². The van der Waals surface area contributed by atoms with Gasteiger partial charge in [-0.1, -0.05) is 31.5 Å². The summed E-state index contributed by atoms with van der Waals surface area (Å²) >= 11 is 0. The molecule has 1 aromatic heterocycles. The number of esters is 1. The number of ketones is 1. The number of likely N-dealkylation sites (tertiary alicyclic amines) is 1. The minimum absolute atomic E-state index is 0.0423. The predicted octanol–water partition coefficient (Wildman–Crippen LogP) is 3.04. The van der Waals surface area contributed by atoms with Crippen LogP contribution >= 0.6 is 0 Å². The standard InChI is InChI=1S/C21H26N2O3/c1-4-12-11-23(2)17-9-15-13-7-5-6-8-16(13)22-20(15)18(24)10-14(12)19(17)21(25)26-3/h5-8,12,14,17,19,22H,4,9-11H2,1-3H3/t12-,14?,17+,19+/m1/s1. The topological polar surface area (TPSA) is 62.4 Å². The molecule has 1 aromatic carbocycles. The fourth-order valence-corrected chi connectivity index (χ4v) is 5.15. The van der Waals surface area contributed by atoms with E-state index in [1.54, 1.807) is 0 Å². The Morgan fingerprint density at radius 3 is 2.81 bits per heavy atom. The van der Waals surface area contributed by atoms with Crippen LogP contribution in [0.1, 0.15) is 35.8 Å². The highest BCUT2D eigenvalue weighted by molar-refractivity contribution is 6.03. The number of carbonyl (C=O) groups is 2. The molecule has 5 heteroatoms. The number of piperidine rings is 1. The zero-order valence-corrected chi connectivity index (χ0v) is 15.6. The number of hydrogen-bond acceptors (Lipinski definition) is 4. The SMILES string of the molecule is CC[C@@H]1CN(C)[C@H]2Cc3c([nH]c4ccccc34)C(=O)CC1[C@@H]2C(=O)OC. The summed E-state index contributed by atoms with van der Waals surface area (Å²) in [5.41, 5.74) is 2.77. The van der Waals surface area contributed by atoms with Gasteiger partial charge in [0.2, 0.25) is 0 Å². The summed E-state index contributed by atoms with van der Waals surface area (Å²) in [7, 11) is 3.55. The number of methoxy groups -OCH3 is 1. The molecule has 26 heavy (non-hydrogen) atoms. The van der Waals surface area contributed by atoms with Crippen LogP contribution < -0.4 is 0 Å². The van der Waals surface area contributed by atoms with Crippen LogP contribution in [0, 0.1) is 17.8 Å². The van der Waals surface area contributed by atoms with Crippen molar-refractivity contribution in [1.82, 2.24) is 9.88 Å². The molecule has 2 heterocycles. The quantitative estimate of drug-likeness (QED) is 0.842. The number of para-hydroxylation sites is 1. The van der Waals surface area contributed by atoms with Crippen LogP contribution in [0.3, 0.4) is 0 Å². The van der Waals surface area contributed by atoms with E-state index in [4.69, 9.17) is 4.74 Å². The number of likely N-dealkylation sites (N-methyl/N-ethyl adjacent to an activating group) is 1. The van der Waals surface area contributed by atoms with E-state index >= 15 is 0 Å². The third kappa shape index (κ3) is 2.57. The maximum Gasteiger partial charge on any atom is 0.310 e. The van der Waals surface area contributed by atoms with Crippen molar-refractivity contribution in [2.24, 2.45) is 17.8 Å². The maximum absolute atomic E-state index is 13.1. The molecule has 2 aromatic rings. The van der Waals surface area contributed by atoms with Gasteiger partial charge in [0.1, 0.15) is 0 Å². The van der Waals surface area contributed by atoms with Crippen LogP contribution in [0.4, 0.5) is 0 Å². The zero-order valence-electron chi connectivity index (χ0n) is 15.6. The van der Waals surface area contributed by atoms with Gasteiger partial charge in [0.15, 0.2) is 5.78 Å². The van der Waals surface area contributed by atoms with Gasteiger partial charge in [-0.2, -0.15) is 0 Å². The van der Waals surface area contributed by atoms with Crippen LogP contribution in [0.15, 0.2) is 24.3 Å². The summed E-state index contributed by atoms with van der Waals surface area (Å²) in [5.74, 6) is 0.0584. The fraction of sp³-hybridized carbons (Fsp3) is 0.524. The predicted molar refractivity (Wildman–Crippen MR) is 100 cm³/mol. The lowest BCUT2D eigenvalue weighted by atomic mass is 9.67. The second-order valence-electron chi connectivity index (χ2n) is 7.74. The van der Waals surface area contributed by atoms with Crippen LogP contribution in [-0.4, -0.2) is 48.4 Å². The molecule has 2 bridgehead atoms. The van der Waals surface area contributed by atoms with E-state index in [1.165, 1.54) is 7.11 Å². The zero-order chi connectivity index (χ0) is 18.4. The molecule has 138 valence electrons. The number of H-pyrrole nitrogens is 1. The lowest BCUT2D eigenvalue weighted by Gasteiger charge is -2.47. The van der Waals surface area contributed by atoms with Gasteiger partial charge in [0, 0.05) is 29.9 Å². The molecule has 1 aliphatic heterocycles. The van der Waals surface area contributed by atoms with Crippen LogP contribution in [0.5, 0.6) is 0 Å². The van der Waals surface area contributed by atoms with E-state index < -0.39 is 0 Å². The average Bonchev–Trinajstić information content (AvgIpc) is 3.01. The molecule has 2 aliphatic rings. The number of ether oxygens (including phenoxy) is 1. The lowest BCUT2D eigenvalue weighted by molar-refractivity contribution is -0.154. The minimum atomic E-state index is -0.255. The first-order valence-corrected chi connectivity index (χ1v) is 9.46. The molecule has 0 radical (unpaired) electrons. The van der Waals surface area contributed by atoms with Crippen molar-refractivity contribution in [2.45, 2.75) is 32.2 Å². The second kappa shape index (κ2) is 6.54. The van der Waals surface area contributed by atoms with Gasteiger partial charge in [-0.05, 0) is 36.9 Å². The molecule has 1 N–H and O–H groups in total. The van der Waals surface area contributed by atoms with Gasteiger partial charge in [0.05, 0.1) is 18.7 Å². The summed E-state index contributed by atoms with van der Waals surface area (Å²) in [6, 6.07) is 8.10. The van der Waals surface area contributed by atoms with Crippen molar-refractivity contribution in [3.63, 3.8) is 0 Å². The summed E-state index contributed by atoms with van der Waals surface area (Å²) < 4.78 is 5.17. The first kappa shape index (κ1) is 17.3. The first-order valence-electron chi connectivity index (χ1n) is 9.46. The number of rotatable bonds is 2. The van der Waals surface area contributed by atoms with E-state index in [9.17, 15) is 9.59 Å². The Labute approximate surface area is 153 Å². The molecule has 1 saturated heterocycles. The third-order valence-corrected chi connectivity index (χ3v) is 6.49. The second-order valence-corrected chi connectivity index (χ2v) is 7.74. The Bertz CT molecular complexity index is 856. The smallest absolute Gasteiger partial charge is 0.310 e. The number of carbonyl (C=O) groups excluding carboxylic acids is 2. The third-order valence-electron chi connectivity index (χ3n) is 6.49. The van der Waals surface area contributed by atoms with Crippen molar-refractivity contribution in [2.75, 3.05) is 20.7 Å². The highest BCUT2D eigenvalue weighted by atomic mass is 16.5. The fourth-order valence-electron chi connectivity index (χ4n) is 5.15. The summed E-state index contributed by atoms with van der Waals surface area (Å²) in [6.07, 6.45) is 2.05. The molecular weight excluding hydrogens is 328 g/mol. The molecule has 5 nitrogen and oxygen atoms in total. The molecule has 0 amide bonds. The maximum atomic E-state index is 13.1. The Morgan fingerprint density at radius 2 is 2.08 bits per heavy atom. The molecule has 0 saturated carbocycles. The van der Waals surface area contributed by atoms with E-state index in [0.717, 1.165) is 35.1 Å². The van der Waals surface area contributed by atoms with Gasteiger partial charge in [-0.15, -0.1) is 0 Å². The molecule has 1 aliphatic carbocycles. The largest absolute Gasteiger partial charge is 0.469 e. The molecule has 1 fully saturated rings. The number of benzene rings is 1. The molecule has 4 atom stereocenters. The number of hydrogen-bond donors (Lipinski definition) is 1. The highest BCUT2D eigenvalue weighted by Crippen LogP contribution is 2.42. The van der Waals surface area contributed by atoms with Crippen molar-refractivity contribution >= 4 is 22.7 Å². The number of aromatic nitrogens is 1. The van der Waals surface area contributed by atoms with Gasteiger partial charge in [-0.3, -0.25) is 9.59 Å².